The predicted octanol–water partition coefficient (Wildman–Crippen LogP) is 4.18. The zero-order valence-corrected chi connectivity index (χ0v) is 12.0. The van der Waals surface area contributed by atoms with E-state index in [1.807, 2.05) is 20.8 Å². The van der Waals surface area contributed by atoms with Crippen molar-refractivity contribution in [1.29, 1.82) is 0 Å². The first-order valence-electron chi connectivity index (χ1n) is 6.27. The van der Waals surface area contributed by atoms with Gasteiger partial charge in [0.05, 0.1) is 6.42 Å². The Morgan fingerprint density at radius 3 is 2.06 bits per heavy atom. The summed E-state index contributed by atoms with van der Waals surface area (Å²) in [5, 5.41) is 0. The minimum Gasteiger partial charge on any atom is -0.460 e. The molecule has 16 heavy (non-hydrogen) atoms. The smallest absolute Gasteiger partial charge is 0.306 e. The van der Waals surface area contributed by atoms with Crippen molar-refractivity contribution < 1.29 is 9.53 Å². The zero-order chi connectivity index (χ0) is 13.0. The minimum atomic E-state index is -0.371. The Bertz CT molecular complexity index is 223. The quantitative estimate of drug-likeness (QED) is 0.660. The maximum atomic E-state index is 11.7. The molecule has 0 bridgehead atoms. The van der Waals surface area contributed by atoms with Crippen molar-refractivity contribution in [2.24, 2.45) is 11.3 Å². The van der Waals surface area contributed by atoms with Gasteiger partial charge >= 0.3 is 5.97 Å². The first-order chi connectivity index (χ1) is 7.06. The second-order valence-electron chi connectivity index (χ2n) is 6.64. The largest absolute Gasteiger partial charge is 0.460 e. The van der Waals surface area contributed by atoms with E-state index in [4.69, 9.17) is 4.74 Å². The monoisotopic (exact) mass is 228 g/mol. The summed E-state index contributed by atoms with van der Waals surface area (Å²) in [6, 6.07) is 0. The van der Waals surface area contributed by atoms with Crippen LogP contribution < -0.4 is 0 Å². The third-order valence-electron chi connectivity index (χ3n) is 2.64. The summed E-state index contributed by atoms with van der Waals surface area (Å²) in [6.07, 6.45) is 2.75. The second-order valence-corrected chi connectivity index (χ2v) is 6.64. The maximum Gasteiger partial charge on any atom is 0.306 e. The van der Waals surface area contributed by atoms with E-state index in [2.05, 4.69) is 27.7 Å². The van der Waals surface area contributed by atoms with E-state index >= 15 is 0 Å². The van der Waals surface area contributed by atoms with Gasteiger partial charge in [-0.2, -0.15) is 0 Å². The first-order valence-corrected chi connectivity index (χ1v) is 6.27. The highest BCUT2D eigenvalue weighted by Crippen LogP contribution is 2.31. The van der Waals surface area contributed by atoms with Crippen molar-refractivity contribution >= 4 is 5.97 Å². The van der Waals surface area contributed by atoms with Gasteiger partial charge in [-0.3, -0.25) is 4.79 Å². The van der Waals surface area contributed by atoms with Gasteiger partial charge < -0.3 is 4.74 Å². The Kier molecular flexibility index (Phi) is 5.51. The van der Waals surface area contributed by atoms with E-state index < -0.39 is 0 Å². The third-order valence-corrected chi connectivity index (χ3v) is 2.64. The molecule has 0 radical (unpaired) electrons. The maximum absolute atomic E-state index is 11.7. The second kappa shape index (κ2) is 5.70. The predicted molar refractivity (Wildman–Crippen MR) is 68.3 cm³/mol. The van der Waals surface area contributed by atoms with E-state index in [1.165, 1.54) is 0 Å². The highest BCUT2D eigenvalue weighted by Gasteiger charge is 2.27. The molecule has 1 atom stereocenters. The van der Waals surface area contributed by atoms with Crippen LogP contribution in [0.4, 0.5) is 0 Å². The van der Waals surface area contributed by atoms with E-state index in [-0.39, 0.29) is 17.0 Å². The van der Waals surface area contributed by atoms with Crippen molar-refractivity contribution in [3.63, 3.8) is 0 Å². The Balaban J connectivity index is 4.20. The fourth-order valence-corrected chi connectivity index (χ4v) is 1.93. The van der Waals surface area contributed by atoms with Gasteiger partial charge in [0, 0.05) is 0 Å². The average Bonchev–Trinajstić information content (AvgIpc) is 1.97. The number of carbonyl (C=O) groups excluding carboxylic acids is 1. The molecule has 0 heterocycles. The van der Waals surface area contributed by atoms with Gasteiger partial charge in [0.2, 0.25) is 0 Å². The summed E-state index contributed by atoms with van der Waals surface area (Å²) < 4.78 is 5.35. The molecule has 0 aromatic carbocycles. The summed E-state index contributed by atoms with van der Waals surface area (Å²) in [4.78, 5) is 11.7. The zero-order valence-electron chi connectivity index (χ0n) is 12.0. The lowest BCUT2D eigenvalue weighted by atomic mass is 9.80. The lowest BCUT2D eigenvalue weighted by Gasteiger charge is -2.28. The SMILES string of the molecule is CCC(C)CC(C)(C)CC(=O)OC(C)(C)C. The first kappa shape index (κ1) is 15.5. The molecule has 0 aromatic rings. The van der Waals surface area contributed by atoms with Crippen LogP contribution in [0.3, 0.4) is 0 Å². The Hall–Kier alpha value is -0.530. The molecule has 0 aliphatic rings. The summed E-state index contributed by atoms with van der Waals surface area (Å²) in [7, 11) is 0. The van der Waals surface area contributed by atoms with Crippen molar-refractivity contribution in [2.75, 3.05) is 0 Å². The van der Waals surface area contributed by atoms with Crippen LogP contribution in [0.25, 0.3) is 0 Å². The number of rotatable bonds is 5. The van der Waals surface area contributed by atoms with E-state index in [0.717, 1.165) is 12.8 Å². The van der Waals surface area contributed by atoms with Gasteiger partial charge in [-0.15, -0.1) is 0 Å². The van der Waals surface area contributed by atoms with Crippen LogP contribution in [-0.4, -0.2) is 11.6 Å². The lowest BCUT2D eigenvalue weighted by Crippen LogP contribution is -2.28. The fourth-order valence-electron chi connectivity index (χ4n) is 1.93. The number of carbonyl (C=O) groups is 1. The van der Waals surface area contributed by atoms with Crippen LogP contribution in [0.1, 0.15) is 67.7 Å². The standard InChI is InChI=1S/C14H28O2/c1-8-11(2)9-14(6,7)10-12(15)16-13(3,4)5/h11H,8-10H2,1-7H3. The summed E-state index contributed by atoms with van der Waals surface area (Å²) in [6.45, 7) is 14.4. The Morgan fingerprint density at radius 2 is 1.69 bits per heavy atom. The van der Waals surface area contributed by atoms with Crippen LogP contribution in [0.2, 0.25) is 0 Å². The molecule has 0 saturated heterocycles. The summed E-state index contributed by atoms with van der Waals surface area (Å²) in [5.74, 6) is 0.582. The molecule has 0 saturated carbocycles. The van der Waals surface area contributed by atoms with E-state index in [9.17, 15) is 4.79 Å². The van der Waals surface area contributed by atoms with Crippen molar-refractivity contribution in [3.8, 4) is 0 Å². The molecule has 2 nitrogen and oxygen atoms in total. The van der Waals surface area contributed by atoms with Gasteiger partial charge in [0.1, 0.15) is 5.60 Å². The number of ether oxygens (including phenoxy) is 1. The van der Waals surface area contributed by atoms with Gasteiger partial charge in [0.15, 0.2) is 0 Å². The third kappa shape index (κ3) is 7.72. The number of hydrogen-bond donors (Lipinski definition) is 0. The molecule has 0 fully saturated rings. The van der Waals surface area contributed by atoms with E-state index in [0.29, 0.717) is 12.3 Å². The van der Waals surface area contributed by atoms with E-state index in [1.54, 1.807) is 0 Å². The summed E-state index contributed by atoms with van der Waals surface area (Å²) >= 11 is 0. The van der Waals surface area contributed by atoms with Gasteiger partial charge in [-0.1, -0.05) is 34.1 Å². The van der Waals surface area contributed by atoms with Crippen LogP contribution in [0.5, 0.6) is 0 Å². The van der Waals surface area contributed by atoms with Crippen LogP contribution >= 0.6 is 0 Å². The molecular formula is C14H28O2. The Labute approximate surface area is 101 Å². The van der Waals surface area contributed by atoms with Crippen LogP contribution in [0, 0.1) is 11.3 Å². The van der Waals surface area contributed by atoms with Crippen LogP contribution in [-0.2, 0) is 9.53 Å². The van der Waals surface area contributed by atoms with Gasteiger partial charge in [-0.25, -0.2) is 0 Å². The van der Waals surface area contributed by atoms with Crippen LogP contribution in [0.15, 0.2) is 0 Å². The molecule has 0 N–H and O–H groups in total. The lowest BCUT2D eigenvalue weighted by molar-refractivity contribution is -0.157. The molecule has 0 aromatic heterocycles. The van der Waals surface area contributed by atoms with Gasteiger partial charge in [-0.05, 0) is 38.5 Å². The highest BCUT2D eigenvalue weighted by molar-refractivity contribution is 5.70. The van der Waals surface area contributed by atoms with Crippen molar-refractivity contribution in [3.05, 3.63) is 0 Å². The number of hydrogen-bond acceptors (Lipinski definition) is 2. The molecule has 0 aliphatic heterocycles. The van der Waals surface area contributed by atoms with Crippen molar-refractivity contribution in [1.82, 2.24) is 0 Å². The molecule has 2 heteroatoms. The molecule has 0 spiro atoms. The average molecular weight is 228 g/mol. The fraction of sp³-hybridized carbons (Fsp3) is 0.929. The van der Waals surface area contributed by atoms with Crippen molar-refractivity contribution in [2.45, 2.75) is 73.3 Å². The molecule has 0 amide bonds. The molecule has 0 rings (SSSR count). The molecule has 96 valence electrons. The highest BCUT2D eigenvalue weighted by atomic mass is 16.6. The normalized spacial score (nSPS) is 14.7. The molecule has 0 aliphatic carbocycles. The molecular weight excluding hydrogens is 200 g/mol. The Morgan fingerprint density at radius 1 is 1.19 bits per heavy atom. The topological polar surface area (TPSA) is 26.3 Å². The number of esters is 1. The minimum absolute atomic E-state index is 0.0394. The van der Waals surface area contributed by atoms with Gasteiger partial charge in [0.25, 0.3) is 0 Å². The molecule has 1 unspecified atom stereocenters. The summed E-state index contributed by atoms with van der Waals surface area (Å²) in [5.41, 5.74) is -0.332.